The SMILES string of the molecule is CCC(C)CCCCCCCCCCC(=O)O[C@H](COC(=O)CCCCCCCCCCC(C)C)COP(=O)(O)OCC(O)COP(=O)(O)OC[C@@H](COC(=O)CCCCCCCCCC(C)C)OC(=O)CCCCCCCCC(C)C. The molecule has 0 saturated carbocycles. The van der Waals surface area contributed by atoms with E-state index < -0.39 is 97.5 Å². The van der Waals surface area contributed by atoms with E-state index in [1.165, 1.54) is 96.3 Å². The first-order valence-corrected chi connectivity index (χ1v) is 35.7. The number of phosphoric ester groups is 2. The molecule has 486 valence electrons. The number of ether oxygens (including phenoxy) is 4. The van der Waals surface area contributed by atoms with Gasteiger partial charge in [0.2, 0.25) is 0 Å². The first-order chi connectivity index (χ1) is 39.1. The van der Waals surface area contributed by atoms with Crippen molar-refractivity contribution in [3.63, 3.8) is 0 Å². The minimum Gasteiger partial charge on any atom is -0.462 e. The molecule has 0 spiro atoms. The van der Waals surface area contributed by atoms with Crippen molar-refractivity contribution in [3.05, 3.63) is 0 Å². The third-order valence-electron chi connectivity index (χ3n) is 14.7. The largest absolute Gasteiger partial charge is 0.472 e. The van der Waals surface area contributed by atoms with Crippen LogP contribution in [-0.4, -0.2) is 96.7 Å². The summed E-state index contributed by atoms with van der Waals surface area (Å²) in [5, 5.41) is 10.5. The molecule has 0 aromatic carbocycles. The quantitative estimate of drug-likeness (QED) is 0.0222. The predicted octanol–water partition coefficient (Wildman–Crippen LogP) is 17.0. The second-order valence-corrected chi connectivity index (χ2v) is 27.4. The lowest BCUT2D eigenvalue weighted by Gasteiger charge is -2.21. The van der Waals surface area contributed by atoms with Crippen LogP contribution in [0.3, 0.4) is 0 Å². The van der Waals surface area contributed by atoms with Gasteiger partial charge >= 0.3 is 39.5 Å². The molecule has 82 heavy (non-hydrogen) atoms. The average molecular weight is 1210 g/mol. The van der Waals surface area contributed by atoms with Crippen molar-refractivity contribution in [2.45, 2.75) is 318 Å². The van der Waals surface area contributed by atoms with Crippen LogP contribution >= 0.6 is 15.6 Å². The minimum absolute atomic E-state index is 0.101. The Kier molecular flexibility index (Phi) is 52.0. The summed E-state index contributed by atoms with van der Waals surface area (Å²) in [7, 11) is -9.89. The van der Waals surface area contributed by atoms with Crippen LogP contribution in [0.15, 0.2) is 0 Å². The van der Waals surface area contributed by atoms with Gasteiger partial charge in [-0.3, -0.25) is 37.3 Å². The minimum atomic E-state index is -4.94. The number of rotatable bonds is 60. The van der Waals surface area contributed by atoms with Gasteiger partial charge in [0.05, 0.1) is 26.4 Å². The zero-order chi connectivity index (χ0) is 61.1. The maximum Gasteiger partial charge on any atom is 0.472 e. The van der Waals surface area contributed by atoms with Crippen molar-refractivity contribution in [2.24, 2.45) is 23.7 Å². The molecule has 0 aliphatic carbocycles. The van der Waals surface area contributed by atoms with Crippen molar-refractivity contribution in [2.75, 3.05) is 39.6 Å². The standard InChI is InChI=1S/C63H122O17P2/c1-9-56(8)42-34-26-17-11-13-19-29-37-45-62(67)79-58(49-73-60(65)43-35-27-18-12-10-15-23-31-39-53(2)3)51-77-81(69,70)75-47-57(64)48-76-82(71,72)78-52-59(80-63(68)46-38-30-22-21-25-33-41-55(6)7)50-74-61(66)44-36-28-20-14-16-24-32-40-54(4)5/h53-59,64H,9-52H2,1-8H3,(H,69,70)(H,71,72)/t56?,57?,58-,59-/m1/s1. The summed E-state index contributed by atoms with van der Waals surface area (Å²) in [6, 6.07) is 0. The molecular weight excluding hydrogens is 1090 g/mol. The van der Waals surface area contributed by atoms with Crippen molar-refractivity contribution in [3.8, 4) is 0 Å². The van der Waals surface area contributed by atoms with Gasteiger partial charge in [0.25, 0.3) is 0 Å². The van der Waals surface area contributed by atoms with Crippen LogP contribution in [0.4, 0.5) is 0 Å². The van der Waals surface area contributed by atoms with Gasteiger partial charge in [-0.2, -0.15) is 0 Å². The Balaban J connectivity index is 5.25. The number of phosphoric acid groups is 2. The Bertz CT molecular complexity index is 1650. The molecule has 0 amide bonds. The molecular formula is C63H122O17P2. The molecule has 4 unspecified atom stereocenters. The number of hydrogen-bond acceptors (Lipinski definition) is 15. The smallest absolute Gasteiger partial charge is 0.462 e. The molecule has 0 aliphatic rings. The molecule has 3 N–H and O–H groups in total. The van der Waals surface area contributed by atoms with E-state index in [0.717, 1.165) is 108 Å². The lowest BCUT2D eigenvalue weighted by Crippen LogP contribution is -2.30. The molecule has 6 atom stereocenters. The van der Waals surface area contributed by atoms with Crippen molar-refractivity contribution < 1.29 is 80.2 Å². The van der Waals surface area contributed by atoms with Crippen LogP contribution in [0.5, 0.6) is 0 Å². The second kappa shape index (κ2) is 53.3. The summed E-state index contributed by atoms with van der Waals surface area (Å²) in [5.74, 6) is 0.724. The normalized spacial score (nSPS) is 14.8. The molecule has 0 bridgehead atoms. The molecule has 17 nitrogen and oxygen atoms in total. The van der Waals surface area contributed by atoms with Crippen molar-refractivity contribution in [1.29, 1.82) is 0 Å². The van der Waals surface area contributed by atoms with E-state index in [4.69, 9.17) is 37.0 Å². The third-order valence-corrected chi connectivity index (χ3v) is 16.6. The van der Waals surface area contributed by atoms with Gasteiger partial charge in [0.1, 0.15) is 19.3 Å². The lowest BCUT2D eigenvalue weighted by atomic mass is 9.99. The molecule has 0 aliphatic heterocycles. The Labute approximate surface area is 498 Å². The first-order valence-electron chi connectivity index (χ1n) is 32.7. The molecule has 0 fully saturated rings. The van der Waals surface area contributed by atoms with Gasteiger partial charge in [-0.05, 0) is 49.4 Å². The van der Waals surface area contributed by atoms with Gasteiger partial charge in [-0.1, -0.05) is 248 Å². The third kappa shape index (κ3) is 55.9. The van der Waals surface area contributed by atoms with Gasteiger partial charge in [0, 0.05) is 25.7 Å². The molecule has 0 heterocycles. The number of hydrogen-bond donors (Lipinski definition) is 3. The highest BCUT2D eigenvalue weighted by atomic mass is 31.2. The van der Waals surface area contributed by atoms with E-state index in [0.29, 0.717) is 37.5 Å². The first kappa shape index (κ1) is 80.1. The topological polar surface area (TPSA) is 237 Å². The molecule has 0 aromatic rings. The van der Waals surface area contributed by atoms with E-state index in [9.17, 15) is 43.2 Å². The Morgan fingerprint density at radius 3 is 0.866 bits per heavy atom. The van der Waals surface area contributed by atoms with Gasteiger partial charge in [-0.25, -0.2) is 9.13 Å². The second-order valence-electron chi connectivity index (χ2n) is 24.5. The predicted molar refractivity (Wildman–Crippen MR) is 326 cm³/mol. The number of esters is 4. The van der Waals surface area contributed by atoms with Gasteiger partial charge < -0.3 is 33.8 Å². The molecule has 19 heteroatoms. The van der Waals surface area contributed by atoms with Crippen LogP contribution in [-0.2, 0) is 65.4 Å². The highest BCUT2D eigenvalue weighted by Crippen LogP contribution is 2.45. The maximum absolute atomic E-state index is 13.0. The fraction of sp³-hybridized carbons (Fsp3) is 0.937. The molecule has 0 radical (unpaired) electrons. The number of carbonyl (C=O) groups excluding carboxylic acids is 4. The van der Waals surface area contributed by atoms with Gasteiger partial charge in [0.15, 0.2) is 12.2 Å². The fourth-order valence-electron chi connectivity index (χ4n) is 9.22. The van der Waals surface area contributed by atoms with E-state index in [-0.39, 0.29) is 25.7 Å². The van der Waals surface area contributed by atoms with E-state index in [2.05, 4.69) is 55.4 Å². The summed E-state index contributed by atoms with van der Waals surface area (Å²) in [6.07, 6.45) is 32.3. The zero-order valence-electron chi connectivity index (χ0n) is 53.1. The summed E-state index contributed by atoms with van der Waals surface area (Å²) < 4.78 is 67.9. The highest BCUT2D eigenvalue weighted by molar-refractivity contribution is 7.47. The summed E-state index contributed by atoms with van der Waals surface area (Å²) in [5.41, 5.74) is 0. The van der Waals surface area contributed by atoms with Crippen molar-refractivity contribution in [1.82, 2.24) is 0 Å². The molecule has 0 saturated heterocycles. The average Bonchev–Trinajstić information content (AvgIpc) is 3.44. The van der Waals surface area contributed by atoms with E-state index in [1.807, 2.05) is 0 Å². The lowest BCUT2D eigenvalue weighted by molar-refractivity contribution is -0.161. The summed E-state index contributed by atoms with van der Waals surface area (Å²) in [4.78, 5) is 72.1. The highest BCUT2D eigenvalue weighted by Gasteiger charge is 2.30. The number of carbonyl (C=O) groups is 4. The fourth-order valence-corrected chi connectivity index (χ4v) is 10.8. The number of unbranched alkanes of at least 4 members (excludes halogenated alkanes) is 25. The molecule has 0 aromatic heterocycles. The maximum atomic E-state index is 13.0. The van der Waals surface area contributed by atoms with Gasteiger partial charge in [-0.15, -0.1) is 0 Å². The van der Waals surface area contributed by atoms with Crippen LogP contribution < -0.4 is 0 Å². The van der Waals surface area contributed by atoms with E-state index in [1.54, 1.807) is 0 Å². The van der Waals surface area contributed by atoms with Crippen LogP contribution in [0, 0.1) is 23.7 Å². The monoisotopic (exact) mass is 1210 g/mol. The Morgan fingerprint density at radius 1 is 0.341 bits per heavy atom. The molecule has 0 rings (SSSR count). The number of aliphatic hydroxyl groups excluding tert-OH is 1. The Morgan fingerprint density at radius 2 is 0.585 bits per heavy atom. The van der Waals surface area contributed by atoms with Crippen molar-refractivity contribution >= 4 is 39.5 Å². The summed E-state index contributed by atoms with van der Waals surface area (Å²) >= 11 is 0. The van der Waals surface area contributed by atoms with Crippen LogP contribution in [0.25, 0.3) is 0 Å². The summed E-state index contributed by atoms with van der Waals surface area (Å²) in [6.45, 7) is 13.9. The van der Waals surface area contributed by atoms with Crippen LogP contribution in [0.1, 0.15) is 299 Å². The number of aliphatic hydroxyl groups is 1. The Hall–Kier alpha value is -1.94. The van der Waals surface area contributed by atoms with E-state index >= 15 is 0 Å². The zero-order valence-corrected chi connectivity index (χ0v) is 54.9. The van der Waals surface area contributed by atoms with Crippen LogP contribution in [0.2, 0.25) is 0 Å².